The number of rotatable bonds is 2. The summed E-state index contributed by atoms with van der Waals surface area (Å²) in [5.41, 5.74) is 0.994. The van der Waals surface area contributed by atoms with Crippen molar-refractivity contribution >= 4 is 16.2 Å². The first-order valence-electron chi connectivity index (χ1n) is 4.96. The summed E-state index contributed by atoms with van der Waals surface area (Å²) in [4.78, 5) is 4.44. The van der Waals surface area contributed by atoms with Gasteiger partial charge in [0.25, 0.3) is 0 Å². The molecule has 17 heavy (non-hydrogen) atoms. The first-order chi connectivity index (χ1) is 7.63. The molecule has 0 aromatic carbocycles. The molecule has 0 radical (unpaired) electrons. The van der Waals surface area contributed by atoms with Crippen molar-refractivity contribution in [2.24, 2.45) is 4.99 Å². The van der Waals surface area contributed by atoms with E-state index in [1.165, 1.54) is 0 Å². The van der Waals surface area contributed by atoms with Crippen LogP contribution in [-0.4, -0.2) is 35.4 Å². The Bertz CT molecular complexity index is 406. The van der Waals surface area contributed by atoms with E-state index in [2.05, 4.69) is 30.4 Å². The minimum atomic E-state index is -4.67. The van der Waals surface area contributed by atoms with Crippen LogP contribution in [0.25, 0.3) is 0 Å². The van der Waals surface area contributed by atoms with E-state index in [4.69, 9.17) is 17.5 Å². The molecule has 6 nitrogen and oxygen atoms in total. The molecule has 1 rings (SSSR count). The monoisotopic (exact) mass is 262 g/mol. The summed E-state index contributed by atoms with van der Waals surface area (Å²) in [7, 11) is -4.67. The second kappa shape index (κ2) is 6.53. The van der Waals surface area contributed by atoms with Crippen LogP contribution in [0.15, 0.2) is 29.8 Å². The molecule has 0 amide bonds. The minimum Gasteiger partial charge on any atom is -0.368 e. The van der Waals surface area contributed by atoms with E-state index in [0.29, 0.717) is 6.04 Å². The number of hydrogen-bond acceptors (Lipinski definition) is 4. The van der Waals surface area contributed by atoms with Crippen LogP contribution in [0.3, 0.4) is 0 Å². The Morgan fingerprint density at radius 3 is 2.41 bits per heavy atom. The molecule has 2 atom stereocenters. The summed E-state index contributed by atoms with van der Waals surface area (Å²) in [6.07, 6.45) is 2.92. The summed E-state index contributed by atoms with van der Waals surface area (Å²) in [5.74, 6) is 0.929. The third kappa shape index (κ3) is 8.61. The first kappa shape index (κ1) is 15.8. The van der Waals surface area contributed by atoms with Gasteiger partial charge in [0.1, 0.15) is 5.84 Å². The van der Waals surface area contributed by atoms with Crippen molar-refractivity contribution < 1.29 is 17.5 Å². The Morgan fingerprint density at radius 1 is 1.59 bits per heavy atom. The van der Waals surface area contributed by atoms with Gasteiger partial charge in [-0.2, -0.15) is 8.42 Å². The smallest absolute Gasteiger partial charge is 0.368 e. The van der Waals surface area contributed by atoms with Crippen molar-refractivity contribution in [1.29, 1.82) is 0 Å². The van der Waals surface area contributed by atoms with E-state index >= 15 is 0 Å². The highest BCUT2D eigenvalue weighted by Crippen LogP contribution is 2.11. The maximum atomic E-state index is 8.74. The van der Waals surface area contributed by atoms with Crippen molar-refractivity contribution in [3.8, 4) is 0 Å². The molecule has 0 aromatic heterocycles. The van der Waals surface area contributed by atoms with Gasteiger partial charge >= 0.3 is 10.4 Å². The van der Waals surface area contributed by atoms with Crippen molar-refractivity contribution in [2.45, 2.75) is 32.4 Å². The van der Waals surface area contributed by atoms with Crippen molar-refractivity contribution in [1.82, 2.24) is 5.32 Å². The molecule has 0 bridgehead atoms. The van der Waals surface area contributed by atoms with Gasteiger partial charge in [0, 0.05) is 6.04 Å². The zero-order valence-corrected chi connectivity index (χ0v) is 10.7. The zero-order valence-electron chi connectivity index (χ0n) is 9.92. The van der Waals surface area contributed by atoms with Crippen LogP contribution in [-0.2, 0) is 10.4 Å². The molecule has 0 saturated heterocycles. The highest BCUT2D eigenvalue weighted by atomic mass is 32.3. The highest BCUT2D eigenvalue weighted by molar-refractivity contribution is 7.79. The number of nitrogens with zero attached hydrogens (tertiary/aromatic N) is 1. The summed E-state index contributed by atoms with van der Waals surface area (Å²) >= 11 is 0. The van der Waals surface area contributed by atoms with Crippen LogP contribution in [0, 0.1) is 0 Å². The Balaban J connectivity index is 0.000000437. The lowest BCUT2D eigenvalue weighted by Crippen LogP contribution is -2.40. The molecule has 0 saturated carbocycles. The van der Waals surface area contributed by atoms with Gasteiger partial charge in [-0.15, -0.1) is 6.58 Å². The van der Waals surface area contributed by atoms with E-state index in [9.17, 15) is 0 Å². The lowest BCUT2D eigenvalue weighted by atomic mass is 10.1. The predicted molar refractivity (Wildman–Crippen MR) is 67.6 cm³/mol. The molecule has 7 heteroatoms. The topological polar surface area (TPSA) is 99.0 Å². The third-order valence-electron chi connectivity index (χ3n) is 1.95. The van der Waals surface area contributed by atoms with Crippen LogP contribution < -0.4 is 5.32 Å². The minimum absolute atomic E-state index is 0.257. The lowest BCUT2D eigenvalue weighted by Gasteiger charge is -2.25. The molecule has 98 valence electrons. The molecular weight excluding hydrogens is 244 g/mol. The fourth-order valence-corrected chi connectivity index (χ4v) is 1.29. The van der Waals surface area contributed by atoms with E-state index in [1.807, 2.05) is 13.0 Å². The summed E-state index contributed by atoms with van der Waals surface area (Å²) in [6.45, 7) is 11.7. The van der Waals surface area contributed by atoms with Gasteiger partial charge in [-0.05, 0) is 25.8 Å². The van der Waals surface area contributed by atoms with Crippen LogP contribution in [0.1, 0.15) is 20.3 Å². The van der Waals surface area contributed by atoms with E-state index < -0.39 is 10.4 Å². The fourth-order valence-electron chi connectivity index (χ4n) is 1.29. The summed E-state index contributed by atoms with van der Waals surface area (Å²) in [5, 5.41) is 3.28. The van der Waals surface area contributed by atoms with Gasteiger partial charge in [0.05, 0.1) is 6.04 Å². The van der Waals surface area contributed by atoms with Gasteiger partial charge in [-0.1, -0.05) is 12.7 Å². The Labute approximate surface area is 102 Å². The van der Waals surface area contributed by atoms with E-state index in [-0.39, 0.29) is 6.04 Å². The summed E-state index contributed by atoms with van der Waals surface area (Å²) in [6, 6.07) is 0.727. The number of aliphatic imine (C=N–C) groups is 1. The largest absolute Gasteiger partial charge is 0.394 e. The van der Waals surface area contributed by atoms with Gasteiger partial charge in [-0.3, -0.25) is 14.1 Å². The number of amidine groups is 1. The highest BCUT2D eigenvalue weighted by Gasteiger charge is 2.17. The van der Waals surface area contributed by atoms with Gasteiger partial charge in [-0.25, -0.2) is 0 Å². The zero-order chi connectivity index (χ0) is 13.6. The normalized spacial score (nSPS) is 23.6. The molecule has 0 aliphatic carbocycles. The molecule has 0 fully saturated rings. The van der Waals surface area contributed by atoms with E-state index in [0.717, 1.165) is 17.8 Å². The van der Waals surface area contributed by atoms with Crippen molar-refractivity contribution in [3.05, 3.63) is 24.8 Å². The molecule has 1 heterocycles. The SMILES string of the molecule is C=CC1CC(C)NC(C(=C)C)=N1.O=S(=O)(O)O. The van der Waals surface area contributed by atoms with Crippen LogP contribution in [0.2, 0.25) is 0 Å². The molecule has 0 spiro atoms. The summed E-state index contributed by atoms with van der Waals surface area (Å²) < 4.78 is 31.6. The van der Waals surface area contributed by atoms with Crippen LogP contribution in [0.4, 0.5) is 0 Å². The molecule has 0 aromatic rings. The number of hydrogen-bond donors (Lipinski definition) is 3. The van der Waals surface area contributed by atoms with Crippen LogP contribution in [0.5, 0.6) is 0 Å². The molecule has 3 N–H and O–H groups in total. The average molecular weight is 262 g/mol. The Morgan fingerprint density at radius 2 is 2.06 bits per heavy atom. The lowest BCUT2D eigenvalue weighted by molar-refractivity contribution is 0.381. The van der Waals surface area contributed by atoms with Gasteiger partial charge in [0.15, 0.2) is 0 Å². The Hall–Kier alpha value is -1.18. The maximum absolute atomic E-state index is 8.74. The second-order valence-electron chi connectivity index (χ2n) is 3.79. The fraction of sp³-hybridized carbons (Fsp3) is 0.500. The van der Waals surface area contributed by atoms with Crippen molar-refractivity contribution in [2.75, 3.05) is 0 Å². The Kier molecular flexibility index (Phi) is 6.08. The van der Waals surface area contributed by atoms with E-state index in [1.54, 1.807) is 0 Å². The molecule has 1 aliphatic heterocycles. The second-order valence-corrected chi connectivity index (χ2v) is 4.69. The molecule has 2 unspecified atom stereocenters. The third-order valence-corrected chi connectivity index (χ3v) is 1.95. The maximum Gasteiger partial charge on any atom is 0.394 e. The first-order valence-corrected chi connectivity index (χ1v) is 6.35. The average Bonchev–Trinajstić information content (AvgIpc) is 2.14. The van der Waals surface area contributed by atoms with Gasteiger partial charge < -0.3 is 5.32 Å². The quantitative estimate of drug-likeness (QED) is 0.513. The number of nitrogens with one attached hydrogen (secondary N) is 1. The standard InChI is InChI=1S/C10H16N2.H2O4S/c1-5-9-6-8(4)11-10(12-9)7(2)3;1-5(2,3)4/h5,8-9H,1-2,6H2,3-4H3,(H,11,12);(H2,1,2,3,4). The van der Waals surface area contributed by atoms with Crippen molar-refractivity contribution in [3.63, 3.8) is 0 Å². The molecule has 1 aliphatic rings. The predicted octanol–water partition coefficient (Wildman–Crippen LogP) is 1.24. The molecular formula is C10H18N2O4S. The van der Waals surface area contributed by atoms with Gasteiger partial charge in [0.2, 0.25) is 0 Å². The van der Waals surface area contributed by atoms with Crippen LogP contribution >= 0.6 is 0 Å².